The van der Waals surface area contributed by atoms with Gasteiger partial charge in [0, 0.05) is 28.4 Å². The number of nitrogens with two attached hydrogens (primary N) is 1. The number of nitrogens with one attached hydrogen (secondary N) is 1. The van der Waals surface area contributed by atoms with Crippen molar-refractivity contribution in [3.63, 3.8) is 0 Å². The molecule has 0 unspecified atom stereocenters. The number of hydrogen-bond acceptors (Lipinski definition) is 7. The Morgan fingerprint density at radius 3 is 1.64 bits per heavy atom. The summed E-state index contributed by atoms with van der Waals surface area (Å²) in [5.74, 6) is 1.99. The number of carbonyl (C=O) groups is 2. The van der Waals surface area contributed by atoms with Crippen LogP contribution in [0.3, 0.4) is 0 Å². The molecule has 0 spiro atoms. The average molecular weight is 529 g/mol. The molecular formula is C31H32N2O6. The van der Waals surface area contributed by atoms with Crippen molar-refractivity contribution in [2.45, 2.75) is 18.9 Å². The van der Waals surface area contributed by atoms with Crippen molar-refractivity contribution in [2.24, 2.45) is 0 Å². The van der Waals surface area contributed by atoms with Gasteiger partial charge in [0.2, 0.25) is 0 Å². The molecule has 3 aromatic rings. The smallest absolute Gasteiger partial charge is 0.251 e. The third kappa shape index (κ3) is 6.41. The number of rotatable bonds is 8. The fourth-order valence-electron chi connectivity index (χ4n) is 4.54. The Labute approximate surface area is 228 Å². The summed E-state index contributed by atoms with van der Waals surface area (Å²) in [7, 11) is 6.26. The van der Waals surface area contributed by atoms with Crippen LogP contribution >= 0.6 is 0 Å². The second-order valence-electron chi connectivity index (χ2n) is 9.10. The van der Waals surface area contributed by atoms with Crippen LogP contribution in [0.15, 0.2) is 71.8 Å². The van der Waals surface area contributed by atoms with Gasteiger partial charge in [0.05, 0.1) is 28.4 Å². The lowest BCUT2D eigenvalue weighted by molar-refractivity contribution is -0.113. The van der Waals surface area contributed by atoms with Crippen molar-refractivity contribution in [3.05, 3.63) is 88.5 Å². The summed E-state index contributed by atoms with van der Waals surface area (Å²) in [5, 5.41) is 3.09. The lowest BCUT2D eigenvalue weighted by atomic mass is 9.83. The van der Waals surface area contributed by atoms with E-state index in [4.69, 9.17) is 24.7 Å². The van der Waals surface area contributed by atoms with E-state index in [1.807, 2.05) is 36.4 Å². The van der Waals surface area contributed by atoms with Crippen molar-refractivity contribution in [3.8, 4) is 23.0 Å². The first kappa shape index (κ1) is 27.3. The summed E-state index contributed by atoms with van der Waals surface area (Å²) in [6, 6.07) is 17.4. The summed E-state index contributed by atoms with van der Waals surface area (Å²) in [4.78, 5) is 26.7. The van der Waals surface area contributed by atoms with Crippen molar-refractivity contribution in [2.75, 3.05) is 34.2 Å². The lowest BCUT2D eigenvalue weighted by Gasteiger charge is -2.27. The SMILES string of the molecule is COc1ccc(/C=C2\CC(NC(=O)c3ccc(N)cc3)C/C(=C\c3ccc(OC)c(OC)c3)C2=O)cc1OC. The summed E-state index contributed by atoms with van der Waals surface area (Å²) in [5.41, 5.74) is 9.56. The molecule has 0 radical (unpaired) electrons. The van der Waals surface area contributed by atoms with Crippen LogP contribution in [0, 0.1) is 0 Å². The molecular weight excluding hydrogens is 496 g/mol. The Kier molecular flexibility index (Phi) is 8.56. The molecule has 8 nitrogen and oxygen atoms in total. The zero-order valence-corrected chi connectivity index (χ0v) is 22.4. The summed E-state index contributed by atoms with van der Waals surface area (Å²) in [6.07, 6.45) is 4.40. The first-order chi connectivity index (χ1) is 18.8. The second kappa shape index (κ2) is 12.2. The Morgan fingerprint density at radius 1 is 0.744 bits per heavy atom. The number of nitrogen functional groups attached to an aromatic ring is 1. The van der Waals surface area contributed by atoms with Gasteiger partial charge >= 0.3 is 0 Å². The third-order valence-electron chi connectivity index (χ3n) is 6.52. The molecule has 1 fully saturated rings. The molecule has 0 aliphatic heterocycles. The minimum Gasteiger partial charge on any atom is -0.493 e. The van der Waals surface area contributed by atoms with Crippen LogP contribution in [0.2, 0.25) is 0 Å². The zero-order chi connectivity index (χ0) is 27.9. The molecule has 8 heteroatoms. The molecule has 3 N–H and O–H groups in total. The number of ether oxygens (including phenoxy) is 4. The van der Waals surface area contributed by atoms with E-state index in [1.165, 1.54) is 0 Å². The van der Waals surface area contributed by atoms with Crippen LogP contribution < -0.4 is 30.0 Å². The Hall–Kier alpha value is -4.72. The summed E-state index contributed by atoms with van der Waals surface area (Å²) >= 11 is 0. The maximum Gasteiger partial charge on any atom is 0.251 e. The van der Waals surface area contributed by atoms with Gasteiger partial charge in [-0.25, -0.2) is 0 Å². The molecule has 1 saturated carbocycles. The predicted molar refractivity (Wildman–Crippen MR) is 151 cm³/mol. The summed E-state index contributed by atoms with van der Waals surface area (Å²) < 4.78 is 21.5. The van der Waals surface area contributed by atoms with Crippen molar-refractivity contribution < 1.29 is 28.5 Å². The minimum atomic E-state index is -0.300. The monoisotopic (exact) mass is 528 g/mol. The number of carbonyl (C=O) groups excluding carboxylic acids is 2. The number of ketones is 1. The fourth-order valence-corrected chi connectivity index (χ4v) is 4.54. The highest BCUT2D eigenvalue weighted by atomic mass is 16.5. The van der Waals surface area contributed by atoms with Gasteiger partial charge in [-0.15, -0.1) is 0 Å². The van der Waals surface area contributed by atoms with Crippen LogP contribution in [-0.4, -0.2) is 46.2 Å². The highest BCUT2D eigenvalue weighted by molar-refractivity contribution is 6.14. The molecule has 39 heavy (non-hydrogen) atoms. The summed E-state index contributed by atoms with van der Waals surface area (Å²) in [6.45, 7) is 0. The van der Waals surface area contributed by atoms with Crippen molar-refractivity contribution in [1.29, 1.82) is 0 Å². The van der Waals surface area contributed by atoms with E-state index in [0.29, 0.717) is 58.2 Å². The van der Waals surface area contributed by atoms with E-state index < -0.39 is 0 Å². The number of methoxy groups -OCH3 is 4. The normalized spacial score (nSPS) is 17.1. The quantitative estimate of drug-likeness (QED) is 0.315. The highest BCUT2D eigenvalue weighted by Crippen LogP contribution is 2.33. The fraction of sp³-hybridized carbons (Fsp3) is 0.226. The molecule has 4 rings (SSSR count). The molecule has 1 amide bonds. The van der Waals surface area contributed by atoms with Crippen LogP contribution in [0.25, 0.3) is 12.2 Å². The molecule has 0 atom stereocenters. The topological polar surface area (TPSA) is 109 Å². The number of hydrogen-bond donors (Lipinski definition) is 2. The Morgan fingerprint density at radius 2 is 1.21 bits per heavy atom. The van der Waals surface area contributed by atoms with E-state index >= 15 is 0 Å². The number of anilines is 1. The van der Waals surface area contributed by atoms with E-state index in [-0.39, 0.29) is 17.7 Å². The highest BCUT2D eigenvalue weighted by Gasteiger charge is 2.29. The number of amides is 1. The third-order valence-corrected chi connectivity index (χ3v) is 6.52. The standard InChI is InChI=1S/C31H32N2O6/c1-36-26-11-5-19(15-28(26)38-3)13-22-17-25(33-31(35)21-7-9-24(32)10-8-21)18-23(30(22)34)14-20-6-12-27(37-2)29(16-20)39-4/h5-16,25H,17-18,32H2,1-4H3,(H,33,35)/b22-13+,23-14+. The van der Waals surface area contributed by atoms with Crippen LogP contribution in [0.5, 0.6) is 23.0 Å². The van der Waals surface area contributed by atoms with Crippen molar-refractivity contribution >= 4 is 29.5 Å². The van der Waals surface area contributed by atoms with E-state index in [2.05, 4.69) is 5.32 Å². The molecule has 0 bridgehead atoms. The molecule has 1 aliphatic rings. The molecule has 0 saturated heterocycles. The number of Topliss-reactive ketones (excluding diaryl/α,β-unsaturated/α-hetero) is 1. The Balaban J connectivity index is 1.70. The van der Waals surface area contributed by atoms with Crippen LogP contribution in [0.1, 0.15) is 34.3 Å². The maximum absolute atomic E-state index is 13.7. The number of benzene rings is 3. The van der Waals surface area contributed by atoms with Gasteiger partial charge in [-0.05, 0) is 84.7 Å². The minimum absolute atomic E-state index is 0.0856. The first-order valence-corrected chi connectivity index (χ1v) is 12.4. The van der Waals surface area contributed by atoms with Gasteiger partial charge in [-0.1, -0.05) is 12.1 Å². The molecule has 0 aromatic heterocycles. The van der Waals surface area contributed by atoms with Gasteiger partial charge in [0.1, 0.15) is 0 Å². The van der Waals surface area contributed by atoms with E-state index in [1.54, 1.807) is 64.8 Å². The largest absolute Gasteiger partial charge is 0.493 e. The van der Waals surface area contributed by atoms with Crippen LogP contribution in [0.4, 0.5) is 5.69 Å². The molecule has 0 heterocycles. The van der Waals surface area contributed by atoms with Gasteiger partial charge in [0.15, 0.2) is 28.8 Å². The molecule has 202 valence electrons. The predicted octanol–water partition coefficient (Wildman–Crippen LogP) is 4.93. The lowest BCUT2D eigenvalue weighted by Crippen LogP contribution is -2.39. The molecule has 1 aliphatic carbocycles. The van der Waals surface area contributed by atoms with Gasteiger partial charge < -0.3 is 30.0 Å². The van der Waals surface area contributed by atoms with E-state index in [0.717, 1.165) is 11.1 Å². The van der Waals surface area contributed by atoms with Crippen LogP contribution in [-0.2, 0) is 4.79 Å². The zero-order valence-electron chi connectivity index (χ0n) is 22.4. The first-order valence-electron chi connectivity index (χ1n) is 12.4. The van der Waals surface area contributed by atoms with Gasteiger partial charge in [0.25, 0.3) is 5.91 Å². The van der Waals surface area contributed by atoms with E-state index in [9.17, 15) is 9.59 Å². The van der Waals surface area contributed by atoms with Crippen molar-refractivity contribution in [1.82, 2.24) is 5.32 Å². The van der Waals surface area contributed by atoms with Gasteiger partial charge in [-0.3, -0.25) is 9.59 Å². The molecule has 3 aromatic carbocycles. The average Bonchev–Trinajstić information content (AvgIpc) is 2.95. The Bertz CT molecular complexity index is 1350. The second-order valence-corrected chi connectivity index (χ2v) is 9.10. The maximum atomic E-state index is 13.7. The van der Waals surface area contributed by atoms with Gasteiger partial charge in [-0.2, -0.15) is 0 Å².